The van der Waals surface area contributed by atoms with Crippen molar-refractivity contribution in [2.24, 2.45) is 10.7 Å². The Labute approximate surface area is 263 Å². The van der Waals surface area contributed by atoms with Crippen molar-refractivity contribution in [3.8, 4) is 0 Å². The Kier molecular flexibility index (Phi) is 28.1. The molecule has 1 aliphatic heterocycles. The molecule has 2 N–H and O–H groups in total. The second-order valence-electron chi connectivity index (χ2n) is 13.5. The van der Waals surface area contributed by atoms with Gasteiger partial charge in [0, 0.05) is 25.9 Å². The summed E-state index contributed by atoms with van der Waals surface area (Å²) in [6, 6.07) is -0.301. The molecule has 0 aromatic rings. The smallest absolute Gasteiger partial charge is 0.149 e. The molecule has 0 spiro atoms. The maximum Gasteiger partial charge on any atom is 0.149 e. The van der Waals surface area contributed by atoms with Gasteiger partial charge in [-0.15, -0.1) is 0 Å². The minimum atomic E-state index is -0.301. The highest BCUT2D eigenvalue weighted by atomic mass is 16.1. The first-order chi connectivity index (χ1) is 20.7. The zero-order valence-corrected chi connectivity index (χ0v) is 28.8. The molecule has 4 nitrogen and oxygen atoms in total. The molecule has 1 atom stereocenters. The van der Waals surface area contributed by atoms with Gasteiger partial charge in [-0.1, -0.05) is 174 Å². The van der Waals surface area contributed by atoms with Crippen LogP contribution in [0.5, 0.6) is 0 Å². The average Bonchev–Trinajstić information content (AvgIpc) is 3.45. The third-order valence-electron chi connectivity index (χ3n) is 9.43. The van der Waals surface area contributed by atoms with Gasteiger partial charge < -0.3 is 10.6 Å². The van der Waals surface area contributed by atoms with Crippen LogP contribution in [0.2, 0.25) is 0 Å². The highest BCUT2D eigenvalue weighted by Crippen LogP contribution is 2.16. The van der Waals surface area contributed by atoms with Gasteiger partial charge >= 0.3 is 0 Å². The molecule has 0 aliphatic carbocycles. The van der Waals surface area contributed by atoms with E-state index in [-0.39, 0.29) is 11.8 Å². The molecule has 0 aromatic carbocycles. The lowest BCUT2D eigenvalue weighted by atomic mass is 10.0. The molecule has 1 heterocycles. The second-order valence-corrected chi connectivity index (χ2v) is 13.5. The molecule has 1 aliphatic rings. The molecule has 42 heavy (non-hydrogen) atoms. The van der Waals surface area contributed by atoms with Gasteiger partial charge in [-0.25, -0.2) is 0 Å². The number of aliphatic imine (C=N–C) groups is 1. The molecule has 0 radical (unpaired) electrons. The van der Waals surface area contributed by atoms with Gasteiger partial charge in [0.25, 0.3) is 0 Å². The molecular formula is C38H75N3O. The molecule has 4 heteroatoms. The largest absolute Gasteiger partial charge is 0.358 e. The molecule has 1 rings (SSSR count). The summed E-state index contributed by atoms with van der Waals surface area (Å²) in [5.74, 6) is 1.54. The first-order valence-electron chi connectivity index (χ1n) is 19.3. The molecular weight excluding hydrogens is 514 g/mol. The molecule has 0 aromatic heterocycles. The van der Waals surface area contributed by atoms with Crippen molar-refractivity contribution in [3.05, 3.63) is 0 Å². The Hall–Kier alpha value is -0.900. The van der Waals surface area contributed by atoms with Gasteiger partial charge in [0.2, 0.25) is 0 Å². The summed E-state index contributed by atoms with van der Waals surface area (Å²) in [5.41, 5.74) is 6.30. The number of Topliss-reactive ketones (excluding diaryl/α,β-unsaturated/α-hetero) is 1. The summed E-state index contributed by atoms with van der Waals surface area (Å²) in [5, 5.41) is 0. The van der Waals surface area contributed by atoms with Crippen LogP contribution in [0.1, 0.15) is 206 Å². The topological polar surface area (TPSA) is 58.7 Å². The minimum absolute atomic E-state index is 0.266. The first-order valence-corrected chi connectivity index (χ1v) is 19.3. The van der Waals surface area contributed by atoms with Crippen molar-refractivity contribution < 1.29 is 4.79 Å². The fraction of sp³-hybridized carbons (Fsp3) is 0.947. The lowest BCUT2D eigenvalue weighted by molar-refractivity contribution is -0.120. The third kappa shape index (κ3) is 23.5. The fourth-order valence-corrected chi connectivity index (χ4v) is 6.44. The average molecular weight is 590 g/mol. The SMILES string of the molecule is CCCCCCCCCCCCCCCCC1=NCCN1CCC(N)C(=O)CCCCCCCCCCCCCCC. The Morgan fingerprint density at radius 3 is 1.43 bits per heavy atom. The van der Waals surface area contributed by atoms with Gasteiger partial charge in [-0.3, -0.25) is 9.79 Å². The van der Waals surface area contributed by atoms with E-state index in [1.54, 1.807) is 0 Å². The summed E-state index contributed by atoms with van der Waals surface area (Å²) < 4.78 is 0. The number of carbonyl (C=O) groups excluding carboxylic acids is 1. The number of amidine groups is 1. The van der Waals surface area contributed by atoms with Crippen LogP contribution < -0.4 is 5.73 Å². The zero-order valence-electron chi connectivity index (χ0n) is 28.8. The van der Waals surface area contributed by atoms with E-state index in [9.17, 15) is 4.79 Å². The monoisotopic (exact) mass is 590 g/mol. The predicted octanol–water partition coefficient (Wildman–Crippen LogP) is 11.3. The minimum Gasteiger partial charge on any atom is -0.358 e. The fourth-order valence-electron chi connectivity index (χ4n) is 6.44. The van der Waals surface area contributed by atoms with E-state index in [0.717, 1.165) is 38.9 Å². The Balaban J connectivity index is 1.93. The van der Waals surface area contributed by atoms with Crippen molar-refractivity contribution in [1.29, 1.82) is 0 Å². The number of unbranched alkanes of at least 4 members (excludes halogenated alkanes) is 25. The number of rotatable bonds is 33. The third-order valence-corrected chi connectivity index (χ3v) is 9.43. The van der Waals surface area contributed by atoms with Crippen LogP contribution >= 0.6 is 0 Å². The number of nitrogens with zero attached hydrogens (tertiary/aromatic N) is 2. The molecule has 0 saturated heterocycles. The Bertz CT molecular complexity index is 619. The van der Waals surface area contributed by atoms with Crippen LogP contribution in [0.4, 0.5) is 0 Å². The number of nitrogens with two attached hydrogens (primary N) is 1. The van der Waals surface area contributed by atoms with E-state index >= 15 is 0 Å². The lowest BCUT2D eigenvalue weighted by Gasteiger charge is -2.22. The number of hydrogen-bond acceptors (Lipinski definition) is 4. The van der Waals surface area contributed by atoms with Crippen molar-refractivity contribution >= 4 is 11.6 Å². The summed E-state index contributed by atoms with van der Waals surface area (Å²) in [6.45, 7) is 7.39. The van der Waals surface area contributed by atoms with Crippen molar-refractivity contribution in [2.45, 2.75) is 213 Å². The Morgan fingerprint density at radius 2 is 1.00 bits per heavy atom. The maximum absolute atomic E-state index is 12.6. The van der Waals surface area contributed by atoms with Crippen molar-refractivity contribution in [3.63, 3.8) is 0 Å². The van der Waals surface area contributed by atoms with Crippen LogP contribution in [0.15, 0.2) is 4.99 Å². The van der Waals surface area contributed by atoms with Gasteiger partial charge in [0.05, 0.1) is 18.4 Å². The summed E-state index contributed by atoms with van der Waals surface area (Å²) in [7, 11) is 0. The molecule has 248 valence electrons. The van der Waals surface area contributed by atoms with Gasteiger partial charge in [0.1, 0.15) is 5.78 Å². The molecule has 0 bridgehead atoms. The predicted molar refractivity (Wildman–Crippen MR) is 187 cm³/mol. The molecule has 1 unspecified atom stereocenters. The van der Waals surface area contributed by atoms with E-state index in [2.05, 4.69) is 18.7 Å². The summed E-state index contributed by atoms with van der Waals surface area (Å²) in [6.07, 6.45) is 39.5. The van der Waals surface area contributed by atoms with Crippen LogP contribution in [-0.2, 0) is 4.79 Å². The lowest BCUT2D eigenvalue weighted by Crippen LogP contribution is -2.37. The second kappa shape index (κ2) is 30.1. The normalized spacial score (nSPS) is 14.1. The Morgan fingerprint density at radius 1 is 0.619 bits per heavy atom. The van der Waals surface area contributed by atoms with E-state index in [4.69, 9.17) is 10.7 Å². The number of hydrogen-bond donors (Lipinski definition) is 1. The standard InChI is InChI=1S/C38H75N3O/c1-3-5-7-9-11-13-15-17-19-21-23-25-27-29-31-38-40-33-35-41(38)34-32-36(39)37(42)30-28-26-24-22-20-18-16-14-12-10-8-6-4-2/h36H,3-35,39H2,1-2H3. The van der Waals surface area contributed by atoms with E-state index in [1.807, 2.05) is 0 Å². The van der Waals surface area contributed by atoms with Gasteiger partial charge in [-0.05, 0) is 19.3 Å². The van der Waals surface area contributed by atoms with Gasteiger partial charge in [-0.2, -0.15) is 0 Å². The first kappa shape index (κ1) is 39.1. The van der Waals surface area contributed by atoms with Crippen LogP contribution in [-0.4, -0.2) is 42.2 Å². The maximum atomic E-state index is 12.6. The van der Waals surface area contributed by atoms with E-state index in [1.165, 1.54) is 173 Å². The highest BCUT2D eigenvalue weighted by Gasteiger charge is 2.19. The van der Waals surface area contributed by atoms with E-state index in [0.29, 0.717) is 6.42 Å². The van der Waals surface area contributed by atoms with E-state index < -0.39 is 0 Å². The number of carbonyl (C=O) groups is 1. The highest BCUT2D eigenvalue weighted by molar-refractivity contribution is 5.85. The molecule has 0 fully saturated rings. The van der Waals surface area contributed by atoms with Crippen LogP contribution in [0, 0.1) is 0 Å². The van der Waals surface area contributed by atoms with Crippen molar-refractivity contribution in [1.82, 2.24) is 4.90 Å². The molecule has 0 saturated carbocycles. The van der Waals surface area contributed by atoms with Crippen molar-refractivity contribution in [2.75, 3.05) is 19.6 Å². The summed E-state index contributed by atoms with van der Waals surface area (Å²) in [4.78, 5) is 19.8. The summed E-state index contributed by atoms with van der Waals surface area (Å²) >= 11 is 0. The van der Waals surface area contributed by atoms with Crippen LogP contribution in [0.25, 0.3) is 0 Å². The zero-order chi connectivity index (χ0) is 30.4. The number of ketones is 1. The van der Waals surface area contributed by atoms with Gasteiger partial charge in [0.15, 0.2) is 0 Å². The molecule has 0 amide bonds. The van der Waals surface area contributed by atoms with Crippen LogP contribution in [0.3, 0.4) is 0 Å². The quantitative estimate of drug-likeness (QED) is 0.0774.